The van der Waals surface area contributed by atoms with E-state index < -0.39 is 41.7 Å². The van der Waals surface area contributed by atoms with Crippen molar-refractivity contribution in [3.63, 3.8) is 0 Å². The minimum absolute atomic E-state index is 0.0473. The van der Waals surface area contributed by atoms with Gasteiger partial charge in [0, 0.05) is 43.8 Å². The summed E-state index contributed by atoms with van der Waals surface area (Å²) in [4.78, 5) is 27.9. The molecule has 1 unspecified atom stereocenters. The van der Waals surface area contributed by atoms with Gasteiger partial charge in [0.25, 0.3) is 17.7 Å². The van der Waals surface area contributed by atoms with E-state index in [9.17, 15) is 27.2 Å². The second-order valence-corrected chi connectivity index (χ2v) is 7.61. The van der Waals surface area contributed by atoms with E-state index in [1.165, 1.54) is 25.3 Å². The Morgan fingerprint density at radius 2 is 2.10 bits per heavy atom. The molecule has 1 fully saturated rings. The first-order valence-electron chi connectivity index (χ1n) is 9.28. The number of carbonyl (C=O) groups excluding carboxylic acids is 2. The Kier molecular flexibility index (Phi) is 5.57. The molecule has 0 spiro atoms. The van der Waals surface area contributed by atoms with Crippen molar-refractivity contribution < 1.29 is 27.2 Å². The van der Waals surface area contributed by atoms with Crippen LogP contribution in [0.5, 0.6) is 0 Å². The maximum atomic E-state index is 14.0. The standard InChI is InChI=1S/C19H21F4N5O2/c1-10-14(17(30)26-12-4-6-25-13(7-12)16(24)29)28(27-15(10)18(2,20)21)9-11-3-5-19(22,23)8-11/h4,6-7,11H,3,5,8-9H2,1-2H3,(H2,24,29)(H,25,26,30). The van der Waals surface area contributed by atoms with E-state index in [1.54, 1.807) is 0 Å². The highest BCUT2D eigenvalue weighted by atomic mass is 19.3. The molecule has 3 rings (SSSR count). The minimum Gasteiger partial charge on any atom is -0.364 e. The fourth-order valence-electron chi connectivity index (χ4n) is 3.66. The predicted octanol–water partition coefficient (Wildman–Crippen LogP) is 3.48. The van der Waals surface area contributed by atoms with Gasteiger partial charge in [-0.05, 0) is 31.4 Å². The molecule has 7 nitrogen and oxygen atoms in total. The molecular weight excluding hydrogens is 406 g/mol. The van der Waals surface area contributed by atoms with Gasteiger partial charge in [-0.2, -0.15) is 13.9 Å². The number of halogens is 4. The normalized spacial score (nSPS) is 18.4. The first-order valence-corrected chi connectivity index (χ1v) is 9.28. The van der Waals surface area contributed by atoms with Gasteiger partial charge in [-0.3, -0.25) is 19.3 Å². The number of carbonyl (C=O) groups is 2. The Labute approximate surface area is 169 Å². The fraction of sp³-hybridized carbons (Fsp3) is 0.474. The van der Waals surface area contributed by atoms with E-state index in [0.29, 0.717) is 6.92 Å². The zero-order valence-corrected chi connectivity index (χ0v) is 16.4. The number of anilines is 1. The van der Waals surface area contributed by atoms with E-state index in [1.807, 2.05) is 0 Å². The van der Waals surface area contributed by atoms with E-state index in [-0.39, 0.29) is 42.0 Å². The van der Waals surface area contributed by atoms with Crippen LogP contribution in [0, 0.1) is 12.8 Å². The molecule has 1 aliphatic rings. The summed E-state index contributed by atoms with van der Waals surface area (Å²) in [5, 5.41) is 6.38. The van der Waals surface area contributed by atoms with E-state index >= 15 is 0 Å². The summed E-state index contributed by atoms with van der Waals surface area (Å²) in [7, 11) is 0. The first kappa shape index (κ1) is 21.7. The zero-order chi connectivity index (χ0) is 22.3. The van der Waals surface area contributed by atoms with Crippen LogP contribution in [0.1, 0.15) is 58.4 Å². The molecule has 2 aromatic heterocycles. The molecule has 162 valence electrons. The van der Waals surface area contributed by atoms with Crippen LogP contribution in [0.15, 0.2) is 18.3 Å². The smallest absolute Gasteiger partial charge is 0.289 e. The van der Waals surface area contributed by atoms with Crippen LogP contribution >= 0.6 is 0 Å². The summed E-state index contributed by atoms with van der Waals surface area (Å²) in [5.41, 5.74) is 4.45. The summed E-state index contributed by atoms with van der Waals surface area (Å²) in [6.45, 7) is 1.90. The Morgan fingerprint density at radius 1 is 1.40 bits per heavy atom. The molecule has 0 aromatic carbocycles. The van der Waals surface area contributed by atoms with Crippen LogP contribution in [0.3, 0.4) is 0 Å². The number of hydrogen-bond donors (Lipinski definition) is 2. The van der Waals surface area contributed by atoms with Crippen molar-refractivity contribution in [2.45, 2.75) is 51.5 Å². The SMILES string of the molecule is Cc1c(C(C)(F)F)nn(CC2CCC(F)(F)C2)c1C(=O)Nc1ccnc(C(N)=O)c1. The topological polar surface area (TPSA) is 103 Å². The van der Waals surface area contributed by atoms with E-state index in [4.69, 9.17) is 5.73 Å². The summed E-state index contributed by atoms with van der Waals surface area (Å²) < 4.78 is 56.1. The summed E-state index contributed by atoms with van der Waals surface area (Å²) in [5.74, 6) is -8.19. The maximum Gasteiger partial charge on any atom is 0.289 e. The molecule has 3 N–H and O–H groups in total. The highest BCUT2D eigenvalue weighted by Gasteiger charge is 2.41. The lowest BCUT2D eigenvalue weighted by Gasteiger charge is -2.14. The number of primary amides is 1. The third-order valence-electron chi connectivity index (χ3n) is 5.03. The third kappa shape index (κ3) is 4.60. The molecule has 2 heterocycles. The van der Waals surface area contributed by atoms with E-state index in [2.05, 4.69) is 15.4 Å². The number of rotatable bonds is 6. The van der Waals surface area contributed by atoms with Crippen LogP contribution in [-0.4, -0.2) is 32.5 Å². The molecule has 0 bridgehead atoms. The molecule has 0 aliphatic heterocycles. The lowest BCUT2D eigenvalue weighted by molar-refractivity contribution is 0.00345. The van der Waals surface area contributed by atoms with Crippen molar-refractivity contribution >= 4 is 17.5 Å². The second kappa shape index (κ2) is 7.69. The van der Waals surface area contributed by atoms with Crippen LogP contribution in [-0.2, 0) is 12.5 Å². The quantitative estimate of drug-likeness (QED) is 0.689. The zero-order valence-electron chi connectivity index (χ0n) is 16.4. The van der Waals surface area contributed by atoms with Crippen molar-refractivity contribution in [2.75, 3.05) is 5.32 Å². The van der Waals surface area contributed by atoms with Crippen molar-refractivity contribution in [2.24, 2.45) is 11.7 Å². The minimum atomic E-state index is -3.32. The second-order valence-electron chi connectivity index (χ2n) is 7.61. The molecule has 1 atom stereocenters. The lowest BCUT2D eigenvalue weighted by atomic mass is 10.1. The summed E-state index contributed by atoms with van der Waals surface area (Å²) in [6, 6.07) is 2.64. The lowest BCUT2D eigenvalue weighted by Crippen LogP contribution is -2.22. The molecule has 1 aliphatic carbocycles. The number of aromatic nitrogens is 3. The predicted molar refractivity (Wildman–Crippen MR) is 99.5 cm³/mol. The third-order valence-corrected chi connectivity index (χ3v) is 5.03. The number of nitrogens with two attached hydrogens (primary N) is 1. The van der Waals surface area contributed by atoms with Gasteiger partial charge in [0.1, 0.15) is 17.1 Å². The van der Waals surface area contributed by atoms with Gasteiger partial charge >= 0.3 is 0 Å². The monoisotopic (exact) mass is 427 g/mol. The highest BCUT2D eigenvalue weighted by molar-refractivity contribution is 6.04. The molecule has 2 amide bonds. The van der Waals surface area contributed by atoms with Crippen LogP contribution < -0.4 is 11.1 Å². The van der Waals surface area contributed by atoms with E-state index in [0.717, 1.165) is 4.68 Å². The number of nitrogens with zero attached hydrogens (tertiary/aromatic N) is 3. The summed E-state index contributed by atoms with van der Waals surface area (Å²) in [6.07, 6.45) is 0.781. The Bertz CT molecular complexity index is 984. The fourth-order valence-corrected chi connectivity index (χ4v) is 3.66. The molecule has 0 saturated heterocycles. The average molecular weight is 427 g/mol. The Hall–Kier alpha value is -2.98. The summed E-state index contributed by atoms with van der Waals surface area (Å²) >= 11 is 0. The maximum absolute atomic E-state index is 14.0. The van der Waals surface area contributed by atoms with Gasteiger partial charge < -0.3 is 11.1 Å². The molecule has 1 saturated carbocycles. The molecular formula is C19H21F4N5O2. The van der Waals surface area contributed by atoms with Gasteiger partial charge in [0.15, 0.2) is 0 Å². The molecule has 30 heavy (non-hydrogen) atoms. The van der Waals surface area contributed by atoms with Crippen LogP contribution in [0.4, 0.5) is 23.2 Å². The van der Waals surface area contributed by atoms with Gasteiger partial charge in [0.05, 0.1) is 0 Å². The molecule has 11 heteroatoms. The van der Waals surface area contributed by atoms with Crippen molar-refractivity contribution in [1.82, 2.24) is 14.8 Å². The molecule has 0 radical (unpaired) electrons. The average Bonchev–Trinajstić information content (AvgIpc) is 3.14. The van der Waals surface area contributed by atoms with Gasteiger partial charge in [0.2, 0.25) is 5.92 Å². The number of nitrogens with one attached hydrogen (secondary N) is 1. The highest BCUT2D eigenvalue weighted by Crippen LogP contribution is 2.40. The van der Waals surface area contributed by atoms with Gasteiger partial charge in [-0.25, -0.2) is 8.78 Å². The Morgan fingerprint density at radius 3 is 2.67 bits per heavy atom. The van der Waals surface area contributed by atoms with Crippen molar-refractivity contribution in [3.8, 4) is 0 Å². The van der Waals surface area contributed by atoms with Gasteiger partial charge in [-0.1, -0.05) is 0 Å². The van der Waals surface area contributed by atoms with Crippen LogP contribution in [0.2, 0.25) is 0 Å². The van der Waals surface area contributed by atoms with Crippen molar-refractivity contribution in [1.29, 1.82) is 0 Å². The number of amides is 2. The number of alkyl halides is 4. The Balaban J connectivity index is 1.93. The van der Waals surface area contributed by atoms with Crippen LogP contribution in [0.25, 0.3) is 0 Å². The number of pyridine rings is 1. The number of hydrogen-bond acceptors (Lipinski definition) is 4. The van der Waals surface area contributed by atoms with Gasteiger partial charge in [-0.15, -0.1) is 0 Å². The largest absolute Gasteiger partial charge is 0.364 e. The first-order chi connectivity index (χ1) is 13.9. The van der Waals surface area contributed by atoms with Crippen molar-refractivity contribution in [3.05, 3.63) is 41.0 Å². The molecule has 2 aromatic rings.